The monoisotopic (exact) mass is 114 g/mol. The molecule has 0 rings (SSSR count). The van der Waals surface area contributed by atoms with E-state index in [9.17, 15) is 4.79 Å². The Balaban J connectivity index is 3.46. The summed E-state index contributed by atoms with van der Waals surface area (Å²) in [5, 5.41) is 8.27. The van der Waals surface area contributed by atoms with Gasteiger partial charge in [-0.1, -0.05) is 13.0 Å². The molecule has 0 spiro atoms. The summed E-state index contributed by atoms with van der Waals surface area (Å²) in [5.41, 5.74) is 0. The van der Waals surface area contributed by atoms with Gasteiger partial charge in [0.05, 0.1) is 5.92 Å². The van der Waals surface area contributed by atoms with Gasteiger partial charge in [0.2, 0.25) is 0 Å². The van der Waals surface area contributed by atoms with Crippen molar-refractivity contribution in [2.75, 3.05) is 0 Å². The number of carbonyl (C=O) groups is 1. The van der Waals surface area contributed by atoms with E-state index in [4.69, 9.17) is 5.11 Å². The number of rotatable bonds is 3. The van der Waals surface area contributed by atoms with Crippen molar-refractivity contribution in [2.45, 2.75) is 13.3 Å². The van der Waals surface area contributed by atoms with Crippen LogP contribution in [0.5, 0.6) is 0 Å². The van der Waals surface area contributed by atoms with Gasteiger partial charge in [0.1, 0.15) is 0 Å². The second-order valence-electron chi connectivity index (χ2n) is 1.76. The van der Waals surface area contributed by atoms with Crippen LogP contribution in [0.25, 0.3) is 0 Å². The molecule has 2 nitrogen and oxygen atoms in total. The van der Waals surface area contributed by atoms with E-state index < -0.39 is 5.97 Å². The molecule has 0 radical (unpaired) electrons. The molecule has 0 saturated carbocycles. The van der Waals surface area contributed by atoms with Crippen LogP contribution in [0.4, 0.5) is 0 Å². The van der Waals surface area contributed by atoms with Crippen molar-refractivity contribution in [3.63, 3.8) is 0 Å². The maximum absolute atomic E-state index is 10.0. The van der Waals surface area contributed by atoms with Gasteiger partial charge < -0.3 is 5.11 Å². The zero-order valence-electron chi connectivity index (χ0n) is 4.92. The molecule has 0 bridgehead atoms. The van der Waals surface area contributed by atoms with Gasteiger partial charge in [0.25, 0.3) is 0 Å². The quantitative estimate of drug-likeness (QED) is 0.561. The molecule has 0 amide bonds. The third-order valence-electron chi connectivity index (χ3n) is 0.942. The van der Waals surface area contributed by atoms with Crippen LogP contribution in [0.3, 0.4) is 0 Å². The molecule has 0 aliphatic rings. The Labute approximate surface area is 48.8 Å². The van der Waals surface area contributed by atoms with Gasteiger partial charge in [-0.15, -0.1) is 6.58 Å². The number of carboxylic acid groups (broad SMARTS) is 1. The zero-order valence-corrected chi connectivity index (χ0v) is 4.92. The molecular formula is C6H10O2. The Kier molecular flexibility index (Phi) is 2.92. The normalized spacial score (nSPS) is 12.6. The van der Waals surface area contributed by atoms with E-state index in [0.717, 1.165) is 0 Å². The summed E-state index contributed by atoms with van der Waals surface area (Å²) in [4.78, 5) is 10.0. The molecule has 1 unspecified atom stereocenters. The topological polar surface area (TPSA) is 37.3 Å². The van der Waals surface area contributed by atoms with E-state index in [1.54, 1.807) is 13.0 Å². The standard InChI is InChI=1S/C6H10O2/c1-3-4-5(2)6(7)8/h3,5H,1,4H2,2H3,(H,7,8). The van der Waals surface area contributed by atoms with E-state index in [2.05, 4.69) is 6.58 Å². The smallest absolute Gasteiger partial charge is 0.306 e. The van der Waals surface area contributed by atoms with E-state index in [1.165, 1.54) is 0 Å². The molecule has 0 aliphatic carbocycles. The van der Waals surface area contributed by atoms with Crippen molar-refractivity contribution in [1.29, 1.82) is 0 Å². The lowest BCUT2D eigenvalue weighted by Crippen LogP contribution is -2.07. The van der Waals surface area contributed by atoms with Gasteiger partial charge in [0.15, 0.2) is 0 Å². The zero-order chi connectivity index (χ0) is 6.57. The molecule has 1 atom stereocenters. The van der Waals surface area contributed by atoms with Crippen LogP contribution in [0.2, 0.25) is 0 Å². The minimum Gasteiger partial charge on any atom is -0.481 e. The average Bonchev–Trinajstić information content (AvgIpc) is 1.67. The predicted octanol–water partition coefficient (Wildman–Crippen LogP) is 1.28. The first-order valence-corrected chi connectivity index (χ1v) is 2.52. The lowest BCUT2D eigenvalue weighted by Gasteiger charge is -1.97. The largest absolute Gasteiger partial charge is 0.481 e. The van der Waals surface area contributed by atoms with E-state index >= 15 is 0 Å². The lowest BCUT2D eigenvalue weighted by molar-refractivity contribution is -0.140. The highest BCUT2D eigenvalue weighted by atomic mass is 16.4. The summed E-state index contributed by atoms with van der Waals surface area (Å²) in [7, 11) is 0. The summed E-state index contributed by atoms with van der Waals surface area (Å²) in [5.74, 6) is -1.04. The maximum Gasteiger partial charge on any atom is 0.306 e. The fourth-order valence-corrected chi connectivity index (χ4v) is 0.351. The van der Waals surface area contributed by atoms with Crippen molar-refractivity contribution in [2.24, 2.45) is 5.92 Å². The molecule has 0 aromatic carbocycles. The van der Waals surface area contributed by atoms with Crippen LogP contribution in [0.1, 0.15) is 13.3 Å². The Morgan fingerprint density at radius 2 is 2.50 bits per heavy atom. The molecule has 1 N–H and O–H groups in total. The minimum atomic E-state index is -0.759. The van der Waals surface area contributed by atoms with Gasteiger partial charge in [-0.2, -0.15) is 0 Å². The second kappa shape index (κ2) is 3.24. The first-order chi connectivity index (χ1) is 3.68. The molecule has 0 fully saturated rings. The maximum atomic E-state index is 10.0. The van der Waals surface area contributed by atoms with Crippen LogP contribution in [-0.4, -0.2) is 11.1 Å². The third kappa shape index (κ3) is 2.39. The molecule has 0 aromatic rings. The van der Waals surface area contributed by atoms with Crippen molar-refractivity contribution in [3.05, 3.63) is 12.7 Å². The Morgan fingerprint density at radius 3 is 2.62 bits per heavy atom. The lowest BCUT2D eigenvalue weighted by atomic mass is 10.1. The van der Waals surface area contributed by atoms with E-state index in [1.807, 2.05) is 0 Å². The molecule has 0 aromatic heterocycles. The highest BCUT2D eigenvalue weighted by Crippen LogP contribution is 2.00. The van der Waals surface area contributed by atoms with Crippen molar-refractivity contribution >= 4 is 5.97 Å². The van der Waals surface area contributed by atoms with Gasteiger partial charge in [0, 0.05) is 0 Å². The molecular weight excluding hydrogens is 104 g/mol. The van der Waals surface area contributed by atoms with E-state index in [-0.39, 0.29) is 5.92 Å². The van der Waals surface area contributed by atoms with Crippen LogP contribution in [0, 0.1) is 5.92 Å². The fraction of sp³-hybridized carbons (Fsp3) is 0.500. The second-order valence-corrected chi connectivity index (χ2v) is 1.76. The number of aliphatic carboxylic acids is 1. The van der Waals surface area contributed by atoms with Crippen molar-refractivity contribution < 1.29 is 9.90 Å². The molecule has 46 valence electrons. The van der Waals surface area contributed by atoms with Crippen molar-refractivity contribution in [1.82, 2.24) is 0 Å². The number of hydrogen-bond acceptors (Lipinski definition) is 1. The molecule has 8 heavy (non-hydrogen) atoms. The Morgan fingerprint density at radius 1 is 2.00 bits per heavy atom. The summed E-state index contributed by atoms with van der Waals surface area (Å²) in [6, 6.07) is 0. The van der Waals surface area contributed by atoms with Crippen LogP contribution in [-0.2, 0) is 4.79 Å². The van der Waals surface area contributed by atoms with Crippen LogP contribution < -0.4 is 0 Å². The van der Waals surface area contributed by atoms with Gasteiger partial charge in [-0.3, -0.25) is 4.79 Å². The van der Waals surface area contributed by atoms with Crippen LogP contribution >= 0.6 is 0 Å². The first kappa shape index (κ1) is 7.21. The highest BCUT2D eigenvalue weighted by molar-refractivity contribution is 5.69. The Hall–Kier alpha value is -0.790. The van der Waals surface area contributed by atoms with Gasteiger partial charge >= 0.3 is 5.97 Å². The molecule has 2 heteroatoms. The number of hydrogen-bond donors (Lipinski definition) is 1. The summed E-state index contributed by atoms with van der Waals surface area (Å²) < 4.78 is 0. The summed E-state index contributed by atoms with van der Waals surface area (Å²) in [6.07, 6.45) is 2.16. The fourth-order valence-electron chi connectivity index (χ4n) is 0.351. The van der Waals surface area contributed by atoms with E-state index in [0.29, 0.717) is 6.42 Å². The highest BCUT2D eigenvalue weighted by Gasteiger charge is 2.06. The Bertz CT molecular complexity index is 96.7. The SMILES string of the molecule is C=CCC(C)C(=O)O. The van der Waals surface area contributed by atoms with Crippen LogP contribution in [0.15, 0.2) is 12.7 Å². The number of carboxylic acids is 1. The third-order valence-corrected chi connectivity index (χ3v) is 0.942. The van der Waals surface area contributed by atoms with Gasteiger partial charge in [-0.25, -0.2) is 0 Å². The summed E-state index contributed by atoms with van der Waals surface area (Å²) >= 11 is 0. The molecule has 0 saturated heterocycles. The van der Waals surface area contributed by atoms with Gasteiger partial charge in [-0.05, 0) is 6.42 Å². The first-order valence-electron chi connectivity index (χ1n) is 2.52. The molecule has 0 aliphatic heterocycles. The average molecular weight is 114 g/mol. The minimum absolute atomic E-state index is 0.285. The predicted molar refractivity (Wildman–Crippen MR) is 31.6 cm³/mol. The number of allylic oxidation sites excluding steroid dienone is 1. The molecule has 0 heterocycles. The summed E-state index contributed by atoms with van der Waals surface area (Å²) in [6.45, 7) is 5.08. The van der Waals surface area contributed by atoms with Crippen molar-refractivity contribution in [3.8, 4) is 0 Å².